The second kappa shape index (κ2) is 4.46. The average molecular weight is 137 g/mol. The fourth-order valence-corrected chi connectivity index (χ4v) is 0.194. The second-order valence-electron chi connectivity index (χ2n) is 0.927. The molecule has 0 bridgehead atoms. The quantitative estimate of drug-likeness (QED) is 0.426. The molecule has 0 aromatic heterocycles. The van der Waals surface area contributed by atoms with Crippen molar-refractivity contribution in [2.75, 3.05) is 6.61 Å². The molecule has 0 aliphatic rings. The van der Waals surface area contributed by atoms with Gasteiger partial charge in [0.05, 0.1) is 0 Å². The molecule has 46 valence electrons. The van der Waals surface area contributed by atoms with Crippen molar-refractivity contribution in [1.29, 1.82) is 0 Å². The van der Waals surface area contributed by atoms with Crippen LogP contribution in [0.25, 0.3) is 0 Å². The molecule has 0 unspecified atom stereocenters. The summed E-state index contributed by atoms with van der Waals surface area (Å²) in [6.07, 6.45) is 0.500. The minimum atomic E-state index is -0.911. The van der Waals surface area contributed by atoms with Gasteiger partial charge in [-0.05, 0) is 0 Å². The molecule has 4 heteroatoms. The number of hydrogen-bond donors (Lipinski definition) is 0. The summed E-state index contributed by atoms with van der Waals surface area (Å²) in [6.45, 7) is 3.41. The SMILES string of the molecule is C=CCOC(=O)OCl. The van der Waals surface area contributed by atoms with Gasteiger partial charge in [-0.2, -0.15) is 0 Å². The van der Waals surface area contributed by atoms with Crippen molar-refractivity contribution in [2.45, 2.75) is 0 Å². The van der Waals surface area contributed by atoms with E-state index < -0.39 is 6.16 Å². The molecular formula is C4H5ClO3. The van der Waals surface area contributed by atoms with E-state index >= 15 is 0 Å². The smallest absolute Gasteiger partial charge is 0.429 e. The number of carbonyl (C=O) groups excluding carboxylic acids is 1. The topological polar surface area (TPSA) is 35.5 Å². The van der Waals surface area contributed by atoms with Crippen LogP contribution in [-0.2, 0) is 9.03 Å². The second-order valence-corrected chi connectivity index (χ2v) is 1.08. The van der Waals surface area contributed by atoms with Gasteiger partial charge in [-0.3, -0.25) is 0 Å². The van der Waals surface area contributed by atoms with E-state index in [1.807, 2.05) is 0 Å². The first-order valence-corrected chi connectivity index (χ1v) is 2.18. The highest BCUT2D eigenvalue weighted by Crippen LogP contribution is 1.86. The van der Waals surface area contributed by atoms with Gasteiger partial charge < -0.3 is 9.03 Å². The fraction of sp³-hybridized carbons (Fsp3) is 0.250. The van der Waals surface area contributed by atoms with E-state index in [-0.39, 0.29) is 6.61 Å². The minimum absolute atomic E-state index is 0.117. The van der Waals surface area contributed by atoms with E-state index in [0.29, 0.717) is 0 Å². The van der Waals surface area contributed by atoms with E-state index in [4.69, 9.17) is 0 Å². The average Bonchev–Trinajstić information content (AvgIpc) is 1.83. The number of hydrogen-bond acceptors (Lipinski definition) is 3. The molecule has 3 nitrogen and oxygen atoms in total. The number of ether oxygens (including phenoxy) is 1. The standard InChI is InChI=1S/C4H5ClO3/c1-2-3-7-4(6)8-5/h2H,1,3H2. The first-order valence-electron chi connectivity index (χ1n) is 1.87. The molecule has 0 rings (SSSR count). The van der Waals surface area contributed by atoms with Crippen LogP contribution >= 0.6 is 11.9 Å². The molecule has 0 radical (unpaired) electrons. The summed E-state index contributed by atoms with van der Waals surface area (Å²) in [4.78, 5) is 9.95. The molecule has 0 N–H and O–H groups in total. The van der Waals surface area contributed by atoms with Gasteiger partial charge in [0.25, 0.3) is 0 Å². The molecule has 0 amide bonds. The Balaban J connectivity index is 3.11. The van der Waals surface area contributed by atoms with Crippen molar-refractivity contribution in [3.05, 3.63) is 12.7 Å². The predicted molar refractivity (Wildman–Crippen MR) is 28.5 cm³/mol. The molecule has 0 spiro atoms. The van der Waals surface area contributed by atoms with Crippen molar-refractivity contribution in [1.82, 2.24) is 0 Å². The fourth-order valence-electron chi connectivity index (χ4n) is 0.149. The lowest BCUT2D eigenvalue weighted by molar-refractivity contribution is 0.113. The lowest BCUT2D eigenvalue weighted by Gasteiger charge is -1.92. The van der Waals surface area contributed by atoms with Gasteiger partial charge in [0.1, 0.15) is 18.5 Å². The zero-order chi connectivity index (χ0) is 6.41. The summed E-state index contributed by atoms with van der Waals surface area (Å²) in [6, 6.07) is 0. The highest BCUT2D eigenvalue weighted by Gasteiger charge is 1.96. The Kier molecular flexibility index (Phi) is 4.07. The van der Waals surface area contributed by atoms with Crippen molar-refractivity contribution >= 4 is 18.0 Å². The number of halogens is 1. The molecule has 0 fully saturated rings. The number of rotatable bonds is 2. The van der Waals surface area contributed by atoms with Gasteiger partial charge in [0.2, 0.25) is 0 Å². The summed E-state index contributed by atoms with van der Waals surface area (Å²) in [5, 5.41) is 0. The molecule has 0 aliphatic carbocycles. The Morgan fingerprint density at radius 2 is 2.50 bits per heavy atom. The molecule has 0 saturated carbocycles. The summed E-state index contributed by atoms with van der Waals surface area (Å²) in [5.74, 6) is 0. The van der Waals surface area contributed by atoms with E-state index in [1.165, 1.54) is 6.08 Å². The third kappa shape index (κ3) is 3.49. The lowest BCUT2D eigenvalue weighted by atomic mass is 10.7. The van der Waals surface area contributed by atoms with Gasteiger partial charge in [-0.25, -0.2) is 4.79 Å². The monoisotopic (exact) mass is 136 g/mol. The molecule has 0 saturated heterocycles. The predicted octanol–water partition coefficient (Wildman–Crippen LogP) is 1.48. The Morgan fingerprint density at radius 1 is 1.88 bits per heavy atom. The van der Waals surface area contributed by atoms with Crippen molar-refractivity contribution in [3.63, 3.8) is 0 Å². The summed E-state index contributed by atoms with van der Waals surface area (Å²) >= 11 is 4.58. The minimum Gasteiger partial charge on any atom is -0.429 e. The Morgan fingerprint density at radius 3 is 2.88 bits per heavy atom. The van der Waals surface area contributed by atoms with Gasteiger partial charge in [0, 0.05) is 0 Å². The molecular weight excluding hydrogens is 131 g/mol. The van der Waals surface area contributed by atoms with Gasteiger partial charge >= 0.3 is 6.16 Å². The van der Waals surface area contributed by atoms with Crippen LogP contribution < -0.4 is 0 Å². The van der Waals surface area contributed by atoms with Crippen LogP contribution in [0.4, 0.5) is 4.79 Å². The summed E-state index contributed by atoms with van der Waals surface area (Å²) in [5.41, 5.74) is 0. The molecule has 0 heterocycles. The van der Waals surface area contributed by atoms with Crippen LogP contribution in [-0.4, -0.2) is 12.8 Å². The van der Waals surface area contributed by atoms with E-state index in [1.54, 1.807) is 0 Å². The largest absolute Gasteiger partial charge is 0.527 e. The Hall–Kier alpha value is -0.700. The first kappa shape index (κ1) is 7.30. The van der Waals surface area contributed by atoms with Crippen LogP contribution in [0.2, 0.25) is 0 Å². The highest BCUT2D eigenvalue weighted by molar-refractivity contribution is 6.12. The molecule has 0 aromatic rings. The van der Waals surface area contributed by atoms with E-state index in [2.05, 4.69) is 27.5 Å². The van der Waals surface area contributed by atoms with Crippen LogP contribution in [0.3, 0.4) is 0 Å². The maximum Gasteiger partial charge on any atom is 0.527 e. The maximum atomic E-state index is 9.95. The molecule has 0 aliphatic heterocycles. The zero-order valence-electron chi connectivity index (χ0n) is 4.09. The molecule has 0 atom stereocenters. The Bertz CT molecular complexity index is 91.3. The van der Waals surface area contributed by atoms with Crippen LogP contribution in [0, 0.1) is 0 Å². The van der Waals surface area contributed by atoms with Gasteiger partial charge in [-0.1, -0.05) is 12.7 Å². The maximum absolute atomic E-state index is 9.95. The van der Waals surface area contributed by atoms with Crippen LogP contribution in [0.5, 0.6) is 0 Å². The normalized spacial score (nSPS) is 7.62. The third-order valence-corrected chi connectivity index (χ3v) is 0.508. The Labute approximate surface area is 52.0 Å². The van der Waals surface area contributed by atoms with Gasteiger partial charge in [-0.15, -0.1) is 0 Å². The number of carbonyl (C=O) groups is 1. The van der Waals surface area contributed by atoms with Crippen LogP contribution in [0.15, 0.2) is 12.7 Å². The molecule has 0 aromatic carbocycles. The summed E-state index contributed by atoms with van der Waals surface area (Å²) in [7, 11) is 0. The van der Waals surface area contributed by atoms with E-state index in [0.717, 1.165) is 0 Å². The first-order chi connectivity index (χ1) is 3.81. The molecule has 8 heavy (non-hydrogen) atoms. The van der Waals surface area contributed by atoms with Crippen molar-refractivity contribution in [2.24, 2.45) is 0 Å². The summed E-state index contributed by atoms with van der Waals surface area (Å²) < 4.78 is 7.84. The van der Waals surface area contributed by atoms with Crippen molar-refractivity contribution in [3.8, 4) is 0 Å². The van der Waals surface area contributed by atoms with Crippen LogP contribution in [0.1, 0.15) is 0 Å². The van der Waals surface area contributed by atoms with Gasteiger partial charge in [0.15, 0.2) is 0 Å². The highest BCUT2D eigenvalue weighted by atomic mass is 35.5. The zero-order valence-corrected chi connectivity index (χ0v) is 4.85. The van der Waals surface area contributed by atoms with Crippen molar-refractivity contribution < 1.29 is 13.8 Å². The third-order valence-electron chi connectivity index (χ3n) is 0.382. The van der Waals surface area contributed by atoms with E-state index in [9.17, 15) is 4.79 Å². The lowest BCUT2D eigenvalue weighted by Crippen LogP contribution is -2.00.